The summed E-state index contributed by atoms with van der Waals surface area (Å²) in [6.07, 6.45) is 3.18. The second-order valence-electron chi connectivity index (χ2n) is 4.29. The SMILES string of the molecule is NCCCC[C@H](NC(=O)[C@@H](N)CCCN)C(N)=O. The topological polar surface area (TPSA) is 150 Å². The number of carbonyl (C=O) groups is 2. The van der Waals surface area contributed by atoms with Crippen molar-refractivity contribution in [3.8, 4) is 0 Å². The van der Waals surface area contributed by atoms with Crippen LogP contribution >= 0.6 is 0 Å². The maximum absolute atomic E-state index is 11.7. The molecule has 9 N–H and O–H groups in total. The van der Waals surface area contributed by atoms with Crippen molar-refractivity contribution in [3.63, 3.8) is 0 Å². The summed E-state index contributed by atoms with van der Waals surface area (Å²) in [5.41, 5.74) is 21.6. The van der Waals surface area contributed by atoms with Gasteiger partial charge in [0.15, 0.2) is 0 Å². The lowest BCUT2D eigenvalue weighted by Gasteiger charge is -2.18. The van der Waals surface area contributed by atoms with Gasteiger partial charge in [0, 0.05) is 0 Å². The molecule has 0 aromatic rings. The van der Waals surface area contributed by atoms with Gasteiger partial charge in [0.1, 0.15) is 6.04 Å². The largest absolute Gasteiger partial charge is 0.368 e. The first-order valence-corrected chi connectivity index (χ1v) is 6.28. The van der Waals surface area contributed by atoms with Crippen molar-refractivity contribution >= 4 is 11.8 Å². The van der Waals surface area contributed by atoms with E-state index in [2.05, 4.69) is 5.32 Å². The van der Waals surface area contributed by atoms with E-state index in [-0.39, 0.29) is 5.91 Å². The van der Waals surface area contributed by atoms with Gasteiger partial charge >= 0.3 is 0 Å². The Bertz CT molecular complexity index is 260. The van der Waals surface area contributed by atoms with E-state index < -0.39 is 18.0 Å². The zero-order chi connectivity index (χ0) is 14.0. The van der Waals surface area contributed by atoms with Gasteiger partial charge in [0.05, 0.1) is 6.04 Å². The van der Waals surface area contributed by atoms with Crippen LogP contribution in [0.5, 0.6) is 0 Å². The summed E-state index contributed by atoms with van der Waals surface area (Å²) < 4.78 is 0. The molecule has 0 saturated heterocycles. The lowest BCUT2D eigenvalue weighted by molar-refractivity contribution is -0.128. The zero-order valence-electron chi connectivity index (χ0n) is 10.7. The van der Waals surface area contributed by atoms with Crippen molar-refractivity contribution < 1.29 is 9.59 Å². The molecule has 0 radical (unpaired) electrons. The number of hydrogen-bond donors (Lipinski definition) is 5. The standard InChI is InChI=1S/C11H25N5O2/c12-6-2-1-5-9(10(15)17)16-11(18)8(14)4-3-7-13/h8-9H,1-7,12-14H2,(H2,15,17)(H,16,18)/t8-,9-/m0/s1. The Kier molecular flexibility index (Phi) is 9.17. The number of nitrogens with two attached hydrogens (primary N) is 4. The van der Waals surface area contributed by atoms with E-state index in [1.165, 1.54) is 0 Å². The summed E-state index contributed by atoms with van der Waals surface area (Å²) in [7, 11) is 0. The Morgan fingerprint density at radius 1 is 1.00 bits per heavy atom. The molecule has 0 aliphatic carbocycles. The number of hydrogen-bond acceptors (Lipinski definition) is 5. The van der Waals surface area contributed by atoms with Crippen LogP contribution in [0, 0.1) is 0 Å². The van der Waals surface area contributed by atoms with Crippen LogP contribution in [0.3, 0.4) is 0 Å². The highest BCUT2D eigenvalue weighted by Gasteiger charge is 2.21. The van der Waals surface area contributed by atoms with E-state index in [0.29, 0.717) is 32.4 Å². The van der Waals surface area contributed by atoms with Gasteiger partial charge in [0.25, 0.3) is 0 Å². The van der Waals surface area contributed by atoms with Gasteiger partial charge in [-0.05, 0) is 45.2 Å². The van der Waals surface area contributed by atoms with E-state index in [1.807, 2.05) is 0 Å². The maximum Gasteiger partial charge on any atom is 0.240 e. The van der Waals surface area contributed by atoms with Gasteiger partial charge in [-0.3, -0.25) is 9.59 Å². The molecule has 0 unspecified atom stereocenters. The summed E-state index contributed by atoms with van der Waals surface area (Å²) in [4.78, 5) is 22.9. The van der Waals surface area contributed by atoms with Crippen molar-refractivity contribution in [1.82, 2.24) is 5.32 Å². The Morgan fingerprint density at radius 3 is 2.11 bits per heavy atom. The minimum Gasteiger partial charge on any atom is -0.368 e. The summed E-state index contributed by atoms with van der Waals surface area (Å²) >= 11 is 0. The number of nitrogens with one attached hydrogen (secondary N) is 1. The van der Waals surface area contributed by atoms with Gasteiger partial charge in [-0.2, -0.15) is 0 Å². The van der Waals surface area contributed by atoms with E-state index in [9.17, 15) is 9.59 Å². The van der Waals surface area contributed by atoms with Crippen LogP contribution in [0.25, 0.3) is 0 Å². The smallest absolute Gasteiger partial charge is 0.240 e. The third kappa shape index (κ3) is 7.21. The molecule has 0 rings (SSSR count). The first-order chi connectivity index (χ1) is 8.52. The monoisotopic (exact) mass is 259 g/mol. The number of primary amides is 1. The zero-order valence-corrected chi connectivity index (χ0v) is 10.7. The highest BCUT2D eigenvalue weighted by atomic mass is 16.2. The van der Waals surface area contributed by atoms with E-state index in [4.69, 9.17) is 22.9 Å². The molecular formula is C11H25N5O2. The van der Waals surface area contributed by atoms with Crippen LogP contribution in [0.1, 0.15) is 32.1 Å². The van der Waals surface area contributed by atoms with Crippen molar-refractivity contribution in [2.75, 3.05) is 13.1 Å². The van der Waals surface area contributed by atoms with Crippen LogP contribution in [-0.4, -0.2) is 37.0 Å². The minimum absolute atomic E-state index is 0.361. The number of unbranched alkanes of at least 4 members (excludes halogenated alkanes) is 1. The van der Waals surface area contributed by atoms with Crippen LogP contribution in [0.2, 0.25) is 0 Å². The lowest BCUT2D eigenvalue weighted by atomic mass is 10.1. The highest BCUT2D eigenvalue weighted by Crippen LogP contribution is 2.01. The molecule has 0 aliphatic heterocycles. The quantitative estimate of drug-likeness (QED) is 0.292. The second kappa shape index (κ2) is 9.81. The molecule has 0 saturated carbocycles. The molecule has 0 aromatic carbocycles. The summed E-state index contributed by atoms with van der Waals surface area (Å²) in [6.45, 7) is 1.03. The summed E-state index contributed by atoms with van der Waals surface area (Å²) in [5.74, 6) is -0.911. The van der Waals surface area contributed by atoms with E-state index in [0.717, 1.165) is 12.8 Å². The molecule has 0 spiro atoms. The van der Waals surface area contributed by atoms with E-state index >= 15 is 0 Å². The summed E-state index contributed by atoms with van der Waals surface area (Å²) in [5, 5.41) is 2.56. The molecule has 0 fully saturated rings. The van der Waals surface area contributed by atoms with Crippen molar-refractivity contribution in [1.29, 1.82) is 0 Å². The van der Waals surface area contributed by atoms with Crippen molar-refractivity contribution in [3.05, 3.63) is 0 Å². The molecule has 2 amide bonds. The van der Waals surface area contributed by atoms with Crippen molar-refractivity contribution in [2.45, 2.75) is 44.2 Å². The Morgan fingerprint density at radius 2 is 1.61 bits per heavy atom. The molecule has 2 atom stereocenters. The molecule has 7 heteroatoms. The predicted octanol–water partition coefficient (Wildman–Crippen LogP) is -1.85. The van der Waals surface area contributed by atoms with Gasteiger partial charge in [-0.15, -0.1) is 0 Å². The fourth-order valence-electron chi connectivity index (χ4n) is 1.53. The summed E-state index contributed by atoms with van der Waals surface area (Å²) in [6, 6.07) is -1.32. The number of rotatable bonds is 10. The molecular weight excluding hydrogens is 234 g/mol. The Balaban J connectivity index is 4.14. The average Bonchev–Trinajstić information content (AvgIpc) is 2.34. The highest BCUT2D eigenvalue weighted by molar-refractivity contribution is 5.88. The fourth-order valence-corrected chi connectivity index (χ4v) is 1.53. The van der Waals surface area contributed by atoms with Gasteiger partial charge in [0.2, 0.25) is 11.8 Å². The average molecular weight is 259 g/mol. The van der Waals surface area contributed by atoms with Crippen LogP contribution < -0.4 is 28.3 Å². The number of amides is 2. The molecule has 106 valence electrons. The van der Waals surface area contributed by atoms with Gasteiger partial charge in [-0.1, -0.05) is 0 Å². The predicted molar refractivity (Wildman–Crippen MR) is 70.3 cm³/mol. The Labute approximate surface area is 108 Å². The third-order valence-electron chi connectivity index (χ3n) is 2.66. The maximum atomic E-state index is 11.7. The van der Waals surface area contributed by atoms with Crippen LogP contribution in [0.15, 0.2) is 0 Å². The molecule has 0 heterocycles. The van der Waals surface area contributed by atoms with Gasteiger partial charge in [-0.25, -0.2) is 0 Å². The minimum atomic E-state index is -0.673. The molecule has 0 aromatic heterocycles. The Hall–Kier alpha value is -1.18. The molecule has 7 nitrogen and oxygen atoms in total. The van der Waals surface area contributed by atoms with Crippen molar-refractivity contribution in [2.24, 2.45) is 22.9 Å². The molecule has 18 heavy (non-hydrogen) atoms. The second-order valence-corrected chi connectivity index (χ2v) is 4.29. The first kappa shape index (κ1) is 16.8. The van der Waals surface area contributed by atoms with Crippen LogP contribution in [-0.2, 0) is 9.59 Å². The fraction of sp³-hybridized carbons (Fsp3) is 0.818. The van der Waals surface area contributed by atoms with E-state index in [1.54, 1.807) is 0 Å². The van der Waals surface area contributed by atoms with Gasteiger partial charge < -0.3 is 28.3 Å². The number of carbonyl (C=O) groups excluding carboxylic acids is 2. The molecule has 0 bridgehead atoms. The van der Waals surface area contributed by atoms with Crippen LogP contribution in [0.4, 0.5) is 0 Å². The molecule has 0 aliphatic rings. The first-order valence-electron chi connectivity index (χ1n) is 6.28. The third-order valence-corrected chi connectivity index (χ3v) is 2.66. The lowest BCUT2D eigenvalue weighted by Crippen LogP contribution is -2.50. The normalized spacial score (nSPS) is 13.9.